The average molecular weight is 261 g/mol. The quantitative estimate of drug-likeness (QED) is 0.734. The van der Waals surface area contributed by atoms with Gasteiger partial charge in [-0.1, -0.05) is 12.1 Å². The molecule has 0 radical (unpaired) electrons. The summed E-state index contributed by atoms with van der Waals surface area (Å²) in [4.78, 5) is 13.0. The molecule has 104 valence electrons. The Hall–Kier alpha value is -1.55. The molecule has 0 bridgehead atoms. The second kappa shape index (κ2) is 7.14. The number of amides is 1. The molecule has 3 N–H and O–H groups in total. The van der Waals surface area contributed by atoms with Crippen molar-refractivity contribution in [2.75, 3.05) is 24.5 Å². The molecular formula is C15H23N3O. The number of rotatable bonds is 7. The second-order valence-corrected chi connectivity index (χ2v) is 5.11. The second-order valence-electron chi connectivity index (χ2n) is 5.11. The highest BCUT2D eigenvalue weighted by atomic mass is 16.1. The van der Waals surface area contributed by atoms with Crippen molar-refractivity contribution < 1.29 is 4.79 Å². The van der Waals surface area contributed by atoms with Crippen LogP contribution in [0, 0.1) is 0 Å². The first-order chi connectivity index (χ1) is 9.25. The molecule has 1 aromatic carbocycles. The lowest BCUT2D eigenvalue weighted by molar-refractivity contribution is -0.118. The van der Waals surface area contributed by atoms with Crippen LogP contribution in [-0.2, 0) is 11.3 Å². The topological polar surface area (TPSA) is 58.4 Å². The minimum atomic E-state index is -0.225. The normalized spacial score (nSPS) is 14.8. The van der Waals surface area contributed by atoms with Crippen molar-refractivity contribution in [2.24, 2.45) is 5.73 Å². The fourth-order valence-electron chi connectivity index (χ4n) is 2.42. The smallest absolute Gasteiger partial charge is 0.217 e. The van der Waals surface area contributed by atoms with Gasteiger partial charge in [0.2, 0.25) is 5.91 Å². The summed E-state index contributed by atoms with van der Waals surface area (Å²) < 4.78 is 0. The van der Waals surface area contributed by atoms with Crippen LogP contribution in [0.25, 0.3) is 0 Å². The summed E-state index contributed by atoms with van der Waals surface area (Å²) in [6.45, 7) is 4.05. The first-order valence-electron chi connectivity index (χ1n) is 7.08. The highest BCUT2D eigenvalue weighted by Gasteiger charge is 2.11. The van der Waals surface area contributed by atoms with Gasteiger partial charge in [-0.3, -0.25) is 4.79 Å². The molecule has 0 spiro atoms. The van der Waals surface area contributed by atoms with Gasteiger partial charge in [0.1, 0.15) is 0 Å². The molecule has 19 heavy (non-hydrogen) atoms. The van der Waals surface area contributed by atoms with Gasteiger partial charge < -0.3 is 16.0 Å². The summed E-state index contributed by atoms with van der Waals surface area (Å²) in [7, 11) is 0. The minimum Gasteiger partial charge on any atom is -0.372 e. The number of nitrogens with one attached hydrogen (secondary N) is 1. The molecule has 1 aliphatic rings. The number of nitrogens with two attached hydrogens (primary N) is 1. The van der Waals surface area contributed by atoms with Crippen LogP contribution in [0.4, 0.5) is 5.69 Å². The highest BCUT2D eigenvalue weighted by Crippen LogP contribution is 2.20. The number of nitrogens with zero attached hydrogens (tertiary/aromatic N) is 1. The Bertz CT molecular complexity index is 396. The molecule has 0 unspecified atom stereocenters. The maximum atomic E-state index is 10.6. The summed E-state index contributed by atoms with van der Waals surface area (Å²) in [6, 6.07) is 8.75. The summed E-state index contributed by atoms with van der Waals surface area (Å²) in [5.41, 5.74) is 7.70. The van der Waals surface area contributed by atoms with E-state index in [9.17, 15) is 4.79 Å². The Morgan fingerprint density at radius 1 is 1.21 bits per heavy atom. The lowest BCUT2D eigenvalue weighted by atomic mass is 10.2. The molecule has 1 saturated heterocycles. The van der Waals surface area contributed by atoms with E-state index in [4.69, 9.17) is 5.73 Å². The molecule has 4 heteroatoms. The van der Waals surface area contributed by atoms with E-state index >= 15 is 0 Å². The van der Waals surface area contributed by atoms with Crippen LogP contribution in [-0.4, -0.2) is 25.5 Å². The van der Waals surface area contributed by atoms with E-state index < -0.39 is 0 Å². The van der Waals surface area contributed by atoms with Crippen LogP contribution >= 0.6 is 0 Å². The summed E-state index contributed by atoms with van der Waals surface area (Å²) in [5, 5.41) is 3.32. The molecular weight excluding hydrogens is 238 g/mol. The van der Waals surface area contributed by atoms with Crippen molar-refractivity contribution >= 4 is 11.6 Å². The number of hydrogen-bond donors (Lipinski definition) is 2. The van der Waals surface area contributed by atoms with E-state index in [1.165, 1.54) is 37.2 Å². The van der Waals surface area contributed by atoms with Crippen LogP contribution < -0.4 is 16.0 Å². The number of carbonyl (C=O) groups excluding carboxylic acids is 1. The lowest BCUT2D eigenvalue weighted by Crippen LogP contribution is -2.19. The molecule has 2 rings (SSSR count). The van der Waals surface area contributed by atoms with Crippen LogP contribution in [0.15, 0.2) is 24.3 Å². The fraction of sp³-hybridized carbons (Fsp3) is 0.533. The molecule has 0 aliphatic carbocycles. The average Bonchev–Trinajstić information content (AvgIpc) is 2.93. The third-order valence-electron chi connectivity index (χ3n) is 3.51. The Morgan fingerprint density at radius 2 is 1.89 bits per heavy atom. The van der Waals surface area contributed by atoms with Crippen LogP contribution in [0.1, 0.15) is 31.2 Å². The van der Waals surface area contributed by atoms with Crippen LogP contribution in [0.2, 0.25) is 0 Å². The molecule has 0 aromatic heterocycles. The number of carbonyl (C=O) groups is 1. The summed E-state index contributed by atoms with van der Waals surface area (Å²) >= 11 is 0. The highest BCUT2D eigenvalue weighted by molar-refractivity contribution is 5.73. The zero-order chi connectivity index (χ0) is 13.5. The van der Waals surface area contributed by atoms with Gasteiger partial charge in [-0.15, -0.1) is 0 Å². The minimum absolute atomic E-state index is 0.225. The van der Waals surface area contributed by atoms with E-state index in [0.717, 1.165) is 19.5 Å². The van der Waals surface area contributed by atoms with Crippen molar-refractivity contribution in [3.63, 3.8) is 0 Å². The maximum Gasteiger partial charge on any atom is 0.217 e. The van der Waals surface area contributed by atoms with E-state index in [1.54, 1.807) is 0 Å². The molecule has 0 saturated carbocycles. The third-order valence-corrected chi connectivity index (χ3v) is 3.51. The Kier molecular flexibility index (Phi) is 5.21. The molecule has 1 aliphatic heterocycles. The molecule has 1 aromatic rings. The summed E-state index contributed by atoms with van der Waals surface area (Å²) in [6.07, 6.45) is 3.88. The van der Waals surface area contributed by atoms with Gasteiger partial charge in [0.25, 0.3) is 0 Å². The maximum absolute atomic E-state index is 10.6. The molecule has 0 atom stereocenters. The standard InChI is InChI=1S/C15H23N3O/c16-15(19)4-3-9-17-12-13-5-7-14(8-6-13)18-10-1-2-11-18/h5-8,17H,1-4,9-12H2,(H2,16,19). The largest absolute Gasteiger partial charge is 0.372 e. The Balaban J connectivity index is 1.71. The first kappa shape index (κ1) is 13.9. The molecule has 1 amide bonds. The first-order valence-corrected chi connectivity index (χ1v) is 7.08. The van der Waals surface area contributed by atoms with Crippen molar-refractivity contribution in [3.05, 3.63) is 29.8 Å². The molecule has 4 nitrogen and oxygen atoms in total. The van der Waals surface area contributed by atoms with Gasteiger partial charge in [0, 0.05) is 31.7 Å². The van der Waals surface area contributed by atoms with Crippen molar-refractivity contribution in [1.82, 2.24) is 5.32 Å². The number of benzene rings is 1. The van der Waals surface area contributed by atoms with Crippen LogP contribution in [0.5, 0.6) is 0 Å². The predicted octanol–water partition coefficient (Wildman–Crippen LogP) is 1.64. The zero-order valence-corrected chi connectivity index (χ0v) is 11.4. The summed E-state index contributed by atoms with van der Waals surface area (Å²) in [5.74, 6) is -0.225. The van der Waals surface area contributed by atoms with E-state index in [-0.39, 0.29) is 5.91 Å². The molecule has 1 heterocycles. The third kappa shape index (κ3) is 4.56. The fourth-order valence-corrected chi connectivity index (χ4v) is 2.42. The number of hydrogen-bond acceptors (Lipinski definition) is 3. The van der Waals surface area contributed by atoms with E-state index in [0.29, 0.717) is 6.42 Å². The Morgan fingerprint density at radius 3 is 2.53 bits per heavy atom. The predicted molar refractivity (Wildman–Crippen MR) is 78.0 cm³/mol. The monoisotopic (exact) mass is 261 g/mol. The molecule has 1 fully saturated rings. The van der Waals surface area contributed by atoms with Gasteiger partial charge in [-0.2, -0.15) is 0 Å². The van der Waals surface area contributed by atoms with E-state index in [1.807, 2.05) is 0 Å². The van der Waals surface area contributed by atoms with Gasteiger partial charge in [-0.05, 0) is 43.5 Å². The lowest BCUT2D eigenvalue weighted by Gasteiger charge is -2.17. The Labute approximate surface area is 115 Å². The van der Waals surface area contributed by atoms with Crippen molar-refractivity contribution in [3.8, 4) is 0 Å². The van der Waals surface area contributed by atoms with Gasteiger partial charge in [0.05, 0.1) is 0 Å². The zero-order valence-electron chi connectivity index (χ0n) is 11.4. The van der Waals surface area contributed by atoms with Gasteiger partial charge in [0.15, 0.2) is 0 Å². The van der Waals surface area contributed by atoms with Crippen molar-refractivity contribution in [1.29, 1.82) is 0 Å². The number of anilines is 1. The van der Waals surface area contributed by atoms with Gasteiger partial charge >= 0.3 is 0 Å². The van der Waals surface area contributed by atoms with Crippen molar-refractivity contribution in [2.45, 2.75) is 32.2 Å². The van der Waals surface area contributed by atoms with Crippen LogP contribution in [0.3, 0.4) is 0 Å². The SMILES string of the molecule is NC(=O)CCCNCc1ccc(N2CCCC2)cc1. The number of primary amides is 1. The van der Waals surface area contributed by atoms with Gasteiger partial charge in [-0.25, -0.2) is 0 Å². The van der Waals surface area contributed by atoms with E-state index in [2.05, 4.69) is 34.5 Å².